The molecule has 39 heavy (non-hydrogen) atoms. The number of nitrogens with zero attached hydrogens (tertiary/aromatic N) is 2. The number of carboxylic acid groups (broad SMARTS) is 1. The number of hydrogen-bond acceptors (Lipinski definition) is 6. The summed E-state index contributed by atoms with van der Waals surface area (Å²) in [5, 5.41) is 9.90. The number of halogens is 1. The van der Waals surface area contributed by atoms with Crippen molar-refractivity contribution in [3.63, 3.8) is 0 Å². The summed E-state index contributed by atoms with van der Waals surface area (Å²) in [5.74, 6) is 1.43. The fourth-order valence-electron chi connectivity index (χ4n) is 4.81. The topological polar surface area (TPSA) is 102 Å². The van der Waals surface area contributed by atoms with Gasteiger partial charge in [0, 0.05) is 42.4 Å². The lowest BCUT2D eigenvalue weighted by atomic mass is 9.86. The molecule has 2 aromatic carbocycles. The van der Waals surface area contributed by atoms with E-state index in [9.17, 15) is 14.7 Å². The summed E-state index contributed by atoms with van der Waals surface area (Å²) in [7, 11) is 0. The first-order chi connectivity index (χ1) is 18.7. The van der Waals surface area contributed by atoms with Crippen LogP contribution in [-0.4, -0.2) is 53.4 Å². The Morgan fingerprint density at radius 2 is 1.95 bits per heavy atom. The number of carbonyl (C=O) groups excluding carboxylic acids is 1. The average Bonchev–Trinajstić information content (AvgIpc) is 3.50. The lowest BCUT2D eigenvalue weighted by Crippen LogP contribution is -2.30. The summed E-state index contributed by atoms with van der Waals surface area (Å²) >= 11 is 5.98. The minimum absolute atomic E-state index is 0.000723. The molecular formula is C30H35ClN2O6. The first-order valence-corrected chi connectivity index (χ1v) is 13.7. The third kappa shape index (κ3) is 7.76. The summed E-state index contributed by atoms with van der Waals surface area (Å²) in [6, 6.07) is 15.2. The van der Waals surface area contributed by atoms with Crippen LogP contribution in [0.15, 0.2) is 52.9 Å². The van der Waals surface area contributed by atoms with Crippen LogP contribution in [0.3, 0.4) is 0 Å². The van der Waals surface area contributed by atoms with Crippen molar-refractivity contribution < 1.29 is 28.6 Å². The molecule has 4 rings (SSSR count). The van der Waals surface area contributed by atoms with E-state index in [1.54, 1.807) is 17.0 Å². The van der Waals surface area contributed by atoms with Crippen LogP contribution in [0.25, 0.3) is 11.5 Å². The van der Waals surface area contributed by atoms with Crippen molar-refractivity contribution in [2.45, 2.75) is 46.0 Å². The molecule has 9 heteroatoms. The minimum Gasteiger partial charge on any atom is -0.493 e. The zero-order chi connectivity index (χ0) is 27.9. The molecule has 0 spiro atoms. The first-order valence-electron chi connectivity index (χ1n) is 13.3. The van der Waals surface area contributed by atoms with Crippen LogP contribution in [0, 0.1) is 18.8 Å². The number of carbonyl (C=O) groups is 2. The quantitative estimate of drug-likeness (QED) is 0.285. The molecule has 0 saturated carbocycles. The van der Waals surface area contributed by atoms with E-state index in [1.807, 2.05) is 57.2 Å². The predicted octanol–water partition coefficient (Wildman–Crippen LogP) is 6.60. The molecule has 2 atom stereocenters. The van der Waals surface area contributed by atoms with Crippen molar-refractivity contribution >= 4 is 23.7 Å². The predicted molar refractivity (Wildman–Crippen MR) is 148 cm³/mol. The van der Waals surface area contributed by atoms with Gasteiger partial charge in [0.05, 0.1) is 18.9 Å². The maximum absolute atomic E-state index is 12.6. The van der Waals surface area contributed by atoms with E-state index in [4.69, 9.17) is 25.5 Å². The maximum atomic E-state index is 12.6. The van der Waals surface area contributed by atoms with E-state index in [2.05, 4.69) is 4.98 Å². The molecule has 8 nitrogen and oxygen atoms in total. The fourth-order valence-corrected chi connectivity index (χ4v) is 4.93. The Kier molecular flexibility index (Phi) is 9.51. The number of aromatic nitrogens is 1. The summed E-state index contributed by atoms with van der Waals surface area (Å²) in [6.45, 7) is 7.59. The molecule has 208 valence electrons. The molecule has 0 bridgehead atoms. The number of benzene rings is 2. The number of amides is 1. The number of carboxylic acids is 1. The van der Waals surface area contributed by atoms with Crippen molar-refractivity contribution in [3.05, 3.63) is 70.6 Å². The number of hydrogen-bond donors (Lipinski definition) is 1. The highest BCUT2D eigenvalue weighted by Crippen LogP contribution is 2.37. The van der Waals surface area contributed by atoms with Gasteiger partial charge in [-0.3, -0.25) is 4.79 Å². The van der Waals surface area contributed by atoms with Gasteiger partial charge in [-0.25, -0.2) is 9.78 Å². The molecular weight excluding hydrogens is 520 g/mol. The molecule has 0 aliphatic carbocycles. The molecule has 1 amide bonds. The zero-order valence-corrected chi connectivity index (χ0v) is 23.3. The Bertz CT molecular complexity index is 1270. The van der Waals surface area contributed by atoms with Gasteiger partial charge in [0.25, 0.3) is 0 Å². The van der Waals surface area contributed by atoms with Crippen LogP contribution in [0.4, 0.5) is 4.79 Å². The Labute approximate surface area is 233 Å². The van der Waals surface area contributed by atoms with Crippen molar-refractivity contribution in [2.75, 3.05) is 26.3 Å². The van der Waals surface area contributed by atoms with E-state index in [0.29, 0.717) is 55.8 Å². The molecule has 1 fully saturated rings. The number of rotatable bonds is 11. The van der Waals surface area contributed by atoms with Crippen LogP contribution in [0.5, 0.6) is 5.75 Å². The second-order valence-electron chi connectivity index (χ2n) is 10.4. The Hall–Kier alpha value is -3.52. The van der Waals surface area contributed by atoms with Gasteiger partial charge in [-0.05, 0) is 67.1 Å². The molecule has 0 radical (unpaired) electrons. The molecule has 0 unspecified atom stereocenters. The van der Waals surface area contributed by atoms with Crippen LogP contribution >= 0.6 is 11.6 Å². The van der Waals surface area contributed by atoms with Crippen molar-refractivity contribution in [2.24, 2.45) is 11.8 Å². The third-order valence-corrected chi connectivity index (χ3v) is 7.10. The van der Waals surface area contributed by atoms with Crippen molar-refractivity contribution in [3.8, 4) is 17.2 Å². The number of aliphatic carboxylic acids is 1. The molecule has 1 N–H and O–H groups in total. The van der Waals surface area contributed by atoms with Crippen LogP contribution in [0.1, 0.15) is 49.6 Å². The lowest BCUT2D eigenvalue weighted by molar-refractivity contribution is -0.137. The van der Waals surface area contributed by atoms with E-state index < -0.39 is 5.97 Å². The average molecular weight is 555 g/mol. The van der Waals surface area contributed by atoms with Gasteiger partial charge < -0.3 is 23.9 Å². The second-order valence-corrected chi connectivity index (χ2v) is 10.8. The van der Waals surface area contributed by atoms with Crippen LogP contribution in [0.2, 0.25) is 5.02 Å². The fraction of sp³-hybridized carbons (Fsp3) is 0.433. The van der Waals surface area contributed by atoms with Gasteiger partial charge in [0.15, 0.2) is 0 Å². The summed E-state index contributed by atoms with van der Waals surface area (Å²) < 4.78 is 17.4. The van der Waals surface area contributed by atoms with E-state index in [-0.39, 0.29) is 30.3 Å². The van der Waals surface area contributed by atoms with E-state index >= 15 is 0 Å². The van der Waals surface area contributed by atoms with Gasteiger partial charge in [-0.2, -0.15) is 0 Å². The Morgan fingerprint density at radius 3 is 2.67 bits per heavy atom. The van der Waals surface area contributed by atoms with Gasteiger partial charge in [0.1, 0.15) is 11.5 Å². The SMILES string of the molecule is Cc1oc(-c2ccc(Cl)cc2)nc1CCOc1cccc([C@@H]2CN(C(=O)OCC(C)C)C[C@@H]2CCC(=O)O)c1. The molecule has 1 aromatic heterocycles. The van der Waals surface area contributed by atoms with Crippen LogP contribution in [-0.2, 0) is 16.0 Å². The molecule has 2 heterocycles. The number of likely N-dealkylation sites (tertiary alicyclic amines) is 1. The number of aryl methyl sites for hydroxylation is 1. The number of ether oxygens (including phenoxy) is 2. The van der Waals surface area contributed by atoms with Gasteiger partial charge >= 0.3 is 12.1 Å². The summed E-state index contributed by atoms with van der Waals surface area (Å²) in [4.78, 5) is 30.2. The monoisotopic (exact) mass is 554 g/mol. The highest BCUT2D eigenvalue weighted by Gasteiger charge is 2.37. The molecule has 1 aliphatic heterocycles. The van der Waals surface area contributed by atoms with E-state index in [0.717, 1.165) is 22.6 Å². The smallest absolute Gasteiger partial charge is 0.409 e. The minimum atomic E-state index is -0.839. The molecule has 1 aliphatic rings. The Morgan fingerprint density at radius 1 is 1.18 bits per heavy atom. The molecule has 1 saturated heterocycles. The first kappa shape index (κ1) is 28.5. The lowest BCUT2D eigenvalue weighted by Gasteiger charge is -2.18. The standard InChI is InChI=1S/C30H35ClN2O6/c1-19(2)18-38-30(36)33-16-23(9-12-28(34)35)26(17-33)22-5-4-6-25(15-22)37-14-13-27-20(3)39-29(32-27)21-7-10-24(31)11-8-21/h4-8,10-11,15,19,23,26H,9,12-14,16-18H2,1-3H3,(H,34,35)/t23-,26-/m0/s1. The van der Waals surface area contributed by atoms with Gasteiger partial charge in [-0.1, -0.05) is 37.6 Å². The normalized spacial score (nSPS) is 17.0. The van der Waals surface area contributed by atoms with Gasteiger partial charge in [-0.15, -0.1) is 0 Å². The van der Waals surface area contributed by atoms with Crippen molar-refractivity contribution in [1.82, 2.24) is 9.88 Å². The molecule has 3 aromatic rings. The highest BCUT2D eigenvalue weighted by molar-refractivity contribution is 6.30. The number of oxazole rings is 1. The van der Waals surface area contributed by atoms with Crippen molar-refractivity contribution in [1.29, 1.82) is 0 Å². The van der Waals surface area contributed by atoms with Crippen LogP contribution < -0.4 is 4.74 Å². The Balaban J connectivity index is 1.40. The largest absolute Gasteiger partial charge is 0.493 e. The van der Waals surface area contributed by atoms with E-state index in [1.165, 1.54) is 0 Å². The second kappa shape index (κ2) is 13.0. The summed E-state index contributed by atoms with van der Waals surface area (Å²) in [6.07, 6.45) is 0.773. The maximum Gasteiger partial charge on any atom is 0.409 e. The third-order valence-electron chi connectivity index (χ3n) is 6.85. The van der Waals surface area contributed by atoms with Gasteiger partial charge in [0.2, 0.25) is 5.89 Å². The summed E-state index contributed by atoms with van der Waals surface area (Å²) in [5.41, 5.74) is 2.71. The highest BCUT2D eigenvalue weighted by atomic mass is 35.5. The zero-order valence-electron chi connectivity index (χ0n) is 22.6.